The molecule has 2 rings (SSSR count). The topological polar surface area (TPSA) is 75.1 Å². The Hall–Kier alpha value is -1.69. The first-order valence-corrected chi connectivity index (χ1v) is 7.18. The molecule has 0 radical (unpaired) electrons. The normalized spacial score (nSPS) is 12.5. The number of hydrogen-bond acceptors (Lipinski definition) is 5. The van der Waals surface area contributed by atoms with Gasteiger partial charge in [-0.3, -0.25) is 4.79 Å². The highest BCUT2D eigenvalue weighted by Gasteiger charge is 2.07. The molecule has 0 amide bonds. The Morgan fingerprint density at radius 3 is 3.11 bits per heavy atom. The number of anilines is 1. The number of thiophene rings is 1. The third-order valence-corrected chi connectivity index (χ3v) is 3.93. The Kier molecular flexibility index (Phi) is 4.68. The number of carboxylic acid groups (broad SMARTS) is 1. The number of aromatic nitrogens is 2. The molecule has 5 nitrogen and oxygen atoms in total. The summed E-state index contributed by atoms with van der Waals surface area (Å²) in [5.41, 5.74) is 0.960. The second-order valence-corrected chi connectivity index (χ2v) is 5.53. The maximum absolute atomic E-state index is 10.5. The van der Waals surface area contributed by atoms with Gasteiger partial charge in [0.05, 0.1) is 10.2 Å². The van der Waals surface area contributed by atoms with E-state index in [4.69, 9.17) is 5.11 Å². The number of carboxylic acids is 1. The lowest BCUT2D eigenvalue weighted by Gasteiger charge is -2.11. The van der Waals surface area contributed by atoms with Gasteiger partial charge in [-0.05, 0) is 30.2 Å². The first kappa shape index (κ1) is 13.7. The smallest absolute Gasteiger partial charge is 0.303 e. The van der Waals surface area contributed by atoms with E-state index in [0.29, 0.717) is 5.92 Å². The van der Waals surface area contributed by atoms with Gasteiger partial charge in [0.25, 0.3) is 0 Å². The van der Waals surface area contributed by atoms with E-state index < -0.39 is 5.97 Å². The van der Waals surface area contributed by atoms with Gasteiger partial charge in [0.15, 0.2) is 0 Å². The number of rotatable bonds is 7. The quantitative estimate of drug-likeness (QED) is 0.815. The third-order valence-electron chi connectivity index (χ3n) is 3.02. The van der Waals surface area contributed by atoms with E-state index >= 15 is 0 Å². The molecular formula is C13H17N3O2S. The van der Waals surface area contributed by atoms with E-state index in [9.17, 15) is 4.79 Å². The number of fused-ring (bicyclic) bond motifs is 1. The minimum absolute atomic E-state index is 0.240. The van der Waals surface area contributed by atoms with Crippen LogP contribution in [0.4, 0.5) is 5.82 Å². The van der Waals surface area contributed by atoms with Crippen LogP contribution in [-0.4, -0.2) is 27.6 Å². The molecule has 1 unspecified atom stereocenters. The summed E-state index contributed by atoms with van der Waals surface area (Å²) in [6.07, 6.45) is 3.45. The maximum atomic E-state index is 10.5. The van der Waals surface area contributed by atoms with Crippen molar-refractivity contribution in [2.75, 3.05) is 11.9 Å². The number of aliphatic carboxylic acids is 1. The molecule has 2 N–H and O–H groups in total. The molecule has 0 aromatic carbocycles. The summed E-state index contributed by atoms with van der Waals surface area (Å²) >= 11 is 1.62. The van der Waals surface area contributed by atoms with Gasteiger partial charge in [0, 0.05) is 13.0 Å². The molecule has 0 spiro atoms. The molecule has 2 aromatic heterocycles. The Balaban J connectivity index is 1.82. The Morgan fingerprint density at radius 1 is 1.47 bits per heavy atom. The van der Waals surface area contributed by atoms with Crippen molar-refractivity contribution < 1.29 is 9.90 Å². The highest BCUT2D eigenvalue weighted by atomic mass is 32.1. The molecule has 19 heavy (non-hydrogen) atoms. The summed E-state index contributed by atoms with van der Waals surface area (Å²) in [7, 11) is 0. The van der Waals surface area contributed by atoms with E-state index in [-0.39, 0.29) is 6.42 Å². The number of nitrogens with zero attached hydrogens (tertiary/aromatic N) is 2. The molecular weight excluding hydrogens is 262 g/mol. The lowest BCUT2D eigenvalue weighted by molar-refractivity contribution is -0.137. The van der Waals surface area contributed by atoms with Crippen LogP contribution in [0.25, 0.3) is 10.2 Å². The molecule has 0 fully saturated rings. The van der Waals surface area contributed by atoms with Gasteiger partial charge in [0.1, 0.15) is 12.1 Å². The molecule has 0 aliphatic rings. The lowest BCUT2D eigenvalue weighted by atomic mass is 10.0. The highest BCUT2D eigenvalue weighted by Crippen LogP contribution is 2.24. The number of carbonyl (C=O) groups is 1. The van der Waals surface area contributed by atoms with Crippen LogP contribution >= 0.6 is 11.3 Å². The van der Waals surface area contributed by atoms with E-state index in [2.05, 4.69) is 22.2 Å². The summed E-state index contributed by atoms with van der Waals surface area (Å²) in [4.78, 5) is 18.9. The zero-order valence-corrected chi connectivity index (χ0v) is 11.6. The van der Waals surface area contributed by atoms with Crippen LogP contribution in [0.3, 0.4) is 0 Å². The van der Waals surface area contributed by atoms with Crippen molar-refractivity contribution >= 4 is 33.3 Å². The van der Waals surface area contributed by atoms with Crippen LogP contribution in [0.2, 0.25) is 0 Å². The standard InChI is InChI=1S/C13H17N3O2S/c1-9(2-3-11(17)18)4-6-14-13-12-10(5-7-19-12)15-8-16-13/h5,7-9H,2-4,6H2,1H3,(H,17,18)(H,14,15,16). The summed E-state index contributed by atoms with van der Waals surface area (Å²) in [6.45, 7) is 2.87. The fourth-order valence-corrected chi connectivity index (χ4v) is 2.68. The summed E-state index contributed by atoms with van der Waals surface area (Å²) in [6, 6.07) is 1.97. The Labute approximate surface area is 115 Å². The highest BCUT2D eigenvalue weighted by molar-refractivity contribution is 7.17. The van der Waals surface area contributed by atoms with E-state index in [1.54, 1.807) is 17.7 Å². The molecule has 0 saturated heterocycles. The molecule has 2 aromatic rings. The van der Waals surface area contributed by atoms with Gasteiger partial charge >= 0.3 is 5.97 Å². The number of nitrogens with one attached hydrogen (secondary N) is 1. The van der Waals surface area contributed by atoms with Crippen LogP contribution in [0.15, 0.2) is 17.8 Å². The van der Waals surface area contributed by atoms with Gasteiger partial charge in [0.2, 0.25) is 0 Å². The second kappa shape index (κ2) is 6.47. The molecule has 0 aliphatic carbocycles. The van der Waals surface area contributed by atoms with Crippen molar-refractivity contribution in [3.8, 4) is 0 Å². The molecule has 1 atom stereocenters. The van der Waals surface area contributed by atoms with Gasteiger partial charge in [-0.25, -0.2) is 9.97 Å². The molecule has 0 aliphatic heterocycles. The van der Waals surface area contributed by atoms with E-state index in [1.165, 1.54) is 0 Å². The van der Waals surface area contributed by atoms with Crippen LogP contribution in [0.5, 0.6) is 0 Å². The van der Waals surface area contributed by atoms with Crippen molar-refractivity contribution in [3.63, 3.8) is 0 Å². The van der Waals surface area contributed by atoms with E-state index in [0.717, 1.165) is 35.4 Å². The maximum Gasteiger partial charge on any atom is 0.303 e. The summed E-state index contributed by atoms with van der Waals surface area (Å²) < 4.78 is 1.07. The minimum Gasteiger partial charge on any atom is -0.481 e. The van der Waals surface area contributed by atoms with Crippen molar-refractivity contribution in [3.05, 3.63) is 17.8 Å². The summed E-state index contributed by atoms with van der Waals surface area (Å²) in [5, 5.41) is 13.9. The van der Waals surface area contributed by atoms with Crippen molar-refractivity contribution in [2.45, 2.75) is 26.2 Å². The summed E-state index contributed by atoms with van der Waals surface area (Å²) in [5.74, 6) is 0.533. The van der Waals surface area contributed by atoms with Gasteiger partial charge in [-0.2, -0.15) is 0 Å². The average molecular weight is 279 g/mol. The van der Waals surface area contributed by atoms with Gasteiger partial charge in [-0.1, -0.05) is 6.92 Å². The fourth-order valence-electron chi connectivity index (χ4n) is 1.87. The Bertz CT molecular complexity index is 556. The largest absolute Gasteiger partial charge is 0.481 e. The zero-order valence-electron chi connectivity index (χ0n) is 10.8. The van der Waals surface area contributed by atoms with Crippen LogP contribution in [0, 0.1) is 5.92 Å². The van der Waals surface area contributed by atoms with Crippen LogP contribution < -0.4 is 5.32 Å². The van der Waals surface area contributed by atoms with E-state index in [1.807, 2.05) is 11.4 Å². The molecule has 0 saturated carbocycles. The van der Waals surface area contributed by atoms with Crippen molar-refractivity contribution in [2.24, 2.45) is 5.92 Å². The second-order valence-electron chi connectivity index (χ2n) is 4.61. The fraction of sp³-hybridized carbons (Fsp3) is 0.462. The first-order chi connectivity index (χ1) is 9.16. The SMILES string of the molecule is CC(CCNc1ncnc2ccsc12)CCC(=O)O. The van der Waals surface area contributed by atoms with Crippen LogP contribution in [0.1, 0.15) is 26.2 Å². The third kappa shape index (κ3) is 3.89. The molecule has 2 heterocycles. The van der Waals surface area contributed by atoms with Crippen molar-refractivity contribution in [1.29, 1.82) is 0 Å². The predicted octanol–water partition coefficient (Wildman–Crippen LogP) is 2.99. The van der Waals surface area contributed by atoms with Gasteiger partial charge in [-0.15, -0.1) is 11.3 Å². The monoisotopic (exact) mass is 279 g/mol. The lowest BCUT2D eigenvalue weighted by Crippen LogP contribution is -2.09. The van der Waals surface area contributed by atoms with Crippen LogP contribution in [-0.2, 0) is 4.79 Å². The predicted molar refractivity (Wildman–Crippen MR) is 76.6 cm³/mol. The number of hydrogen-bond donors (Lipinski definition) is 2. The molecule has 6 heteroatoms. The minimum atomic E-state index is -0.726. The Morgan fingerprint density at radius 2 is 2.32 bits per heavy atom. The molecule has 102 valence electrons. The van der Waals surface area contributed by atoms with Crippen molar-refractivity contribution in [1.82, 2.24) is 9.97 Å². The molecule has 0 bridgehead atoms. The average Bonchev–Trinajstić information content (AvgIpc) is 2.85. The first-order valence-electron chi connectivity index (χ1n) is 6.30. The zero-order chi connectivity index (χ0) is 13.7. The van der Waals surface area contributed by atoms with Gasteiger partial charge < -0.3 is 10.4 Å².